The van der Waals surface area contributed by atoms with E-state index >= 15 is 0 Å². The summed E-state index contributed by atoms with van der Waals surface area (Å²) in [7, 11) is 0. The number of benzene rings is 1. The largest absolute Gasteiger partial charge is 0.382 e. The molecule has 2 heterocycles. The lowest BCUT2D eigenvalue weighted by Gasteiger charge is -2.03. The topological polar surface area (TPSA) is 93.5 Å². The van der Waals surface area contributed by atoms with Crippen molar-refractivity contribution in [3.63, 3.8) is 0 Å². The van der Waals surface area contributed by atoms with Crippen molar-refractivity contribution in [3.8, 4) is 5.69 Å². The molecule has 0 unspecified atom stereocenters. The fraction of sp³-hybridized carbons (Fsp3) is 0. The number of nitrogens with one attached hydrogen (secondary N) is 1. The zero-order valence-corrected chi connectivity index (χ0v) is 9.41. The molecule has 6 nitrogen and oxygen atoms in total. The zero-order chi connectivity index (χ0) is 12.5. The minimum atomic E-state index is -0.0683. The number of rotatable bonds is 2. The lowest BCUT2D eigenvalue weighted by atomic mass is 10.2. The Hall–Kier alpha value is -2.76. The molecule has 0 aliphatic carbocycles. The lowest BCUT2D eigenvalue weighted by Crippen LogP contribution is -2.13. The molecular weight excluding hydrogens is 228 g/mol. The maximum absolute atomic E-state index is 7.39. The Bertz CT molecular complexity index is 730. The van der Waals surface area contributed by atoms with Gasteiger partial charge in [-0.3, -0.25) is 10.4 Å². The number of para-hydroxylation sites is 1. The molecule has 18 heavy (non-hydrogen) atoms. The second kappa shape index (κ2) is 3.92. The molecule has 3 N–H and O–H groups in total. The number of nitrogens with two attached hydrogens (primary N) is 1. The van der Waals surface area contributed by atoms with Crippen LogP contribution in [-0.2, 0) is 0 Å². The molecule has 0 radical (unpaired) electrons. The summed E-state index contributed by atoms with van der Waals surface area (Å²) in [5.74, 6) is -0.0683. The van der Waals surface area contributed by atoms with Gasteiger partial charge < -0.3 is 5.73 Å². The summed E-state index contributed by atoms with van der Waals surface area (Å²) in [5, 5.41) is 15.6. The number of amidine groups is 1. The van der Waals surface area contributed by atoms with E-state index in [4.69, 9.17) is 11.1 Å². The molecular formula is C12H10N6. The van der Waals surface area contributed by atoms with Gasteiger partial charge in [-0.05, 0) is 24.3 Å². The van der Waals surface area contributed by atoms with Crippen LogP contribution in [0.1, 0.15) is 5.69 Å². The average molecular weight is 238 g/mol. The lowest BCUT2D eigenvalue weighted by molar-refractivity contribution is 0.822. The Morgan fingerprint density at radius 2 is 2.06 bits per heavy atom. The van der Waals surface area contributed by atoms with Gasteiger partial charge in [-0.15, -0.1) is 5.10 Å². The summed E-state index contributed by atoms with van der Waals surface area (Å²) in [6.45, 7) is 0. The fourth-order valence-corrected chi connectivity index (χ4v) is 1.76. The minimum Gasteiger partial charge on any atom is -0.382 e. The van der Waals surface area contributed by atoms with Gasteiger partial charge in [0.25, 0.3) is 0 Å². The van der Waals surface area contributed by atoms with Crippen LogP contribution in [0.25, 0.3) is 16.7 Å². The Kier molecular flexibility index (Phi) is 2.26. The summed E-state index contributed by atoms with van der Waals surface area (Å²) in [6, 6.07) is 11.2. The molecule has 3 aromatic rings. The van der Waals surface area contributed by atoms with Crippen molar-refractivity contribution in [3.05, 3.63) is 48.3 Å². The van der Waals surface area contributed by atoms with E-state index in [9.17, 15) is 0 Å². The summed E-state index contributed by atoms with van der Waals surface area (Å²) in [5.41, 5.74) is 8.35. The SMILES string of the molecule is N=C(N)c1cc(-n2nnc3ccccc32)ccn1. The van der Waals surface area contributed by atoms with Crippen molar-refractivity contribution in [2.45, 2.75) is 0 Å². The van der Waals surface area contributed by atoms with Gasteiger partial charge in [0.15, 0.2) is 0 Å². The van der Waals surface area contributed by atoms with E-state index in [0.717, 1.165) is 16.7 Å². The van der Waals surface area contributed by atoms with Crippen LogP contribution in [0.3, 0.4) is 0 Å². The summed E-state index contributed by atoms with van der Waals surface area (Å²) in [4.78, 5) is 4.02. The minimum absolute atomic E-state index is 0.0683. The molecule has 2 aromatic heterocycles. The third-order valence-electron chi connectivity index (χ3n) is 2.62. The fourth-order valence-electron chi connectivity index (χ4n) is 1.76. The van der Waals surface area contributed by atoms with Gasteiger partial charge in [0.05, 0.1) is 11.2 Å². The average Bonchev–Trinajstić information content (AvgIpc) is 2.82. The van der Waals surface area contributed by atoms with Crippen molar-refractivity contribution in [1.82, 2.24) is 20.0 Å². The molecule has 0 spiro atoms. The van der Waals surface area contributed by atoms with Crippen molar-refractivity contribution >= 4 is 16.9 Å². The number of hydrogen-bond donors (Lipinski definition) is 2. The molecule has 0 amide bonds. The second-order valence-corrected chi connectivity index (χ2v) is 3.80. The van der Waals surface area contributed by atoms with E-state index in [-0.39, 0.29) is 5.84 Å². The van der Waals surface area contributed by atoms with Gasteiger partial charge in [-0.1, -0.05) is 17.3 Å². The molecule has 0 bridgehead atoms. The molecule has 3 rings (SSSR count). The van der Waals surface area contributed by atoms with Crippen LogP contribution < -0.4 is 5.73 Å². The van der Waals surface area contributed by atoms with Crippen LogP contribution >= 0.6 is 0 Å². The summed E-state index contributed by atoms with van der Waals surface area (Å²) in [6.07, 6.45) is 1.60. The molecule has 0 fully saturated rings. The van der Waals surface area contributed by atoms with E-state index in [1.54, 1.807) is 23.0 Å². The smallest absolute Gasteiger partial charge is 0.141 e. The quantitative estimate of drug-likeness (QED) is 0.516. The molecule has 88 valence electrons. The van der Waals surface area contributed by atoms with Crippen LogP contribution in [0.2, 0.25) is 0 Å². The highest BCUT2D eigenvalue weighted by Crippen LogP contribution is 2.15. The first-order valence-electron chi connectivity index (χ1n) is 5.37. The van der Waals surface area contributed by atoms with Gasteiger partial charge in [-0.2, -0.15) is 0 Å². The van der Waals surface area contributed by atoms with Crippen molar-refractivity contribution < 1.29 is 0 Å². The number of hydrogen-bond acceptors (Lipinski definition) is 4. The Morgan fingerprint density at radius 3 is 2.89 bits per heavy atom. The number of fused-ring (bicyclic) bond motifs is 1. The first-order chi connectivity index (χ1) is 8.75. The van der Waals surface area contributed by atoms with Crippen molar-refractivity contribution in [1.29, 1.82) is 5.41 Å². The first-order valence-corrected chi connectivity index (χ1v) is 5.37. The van der Waals surface area contributed by atoms with Crippen LogP contribution in [0.5, 0.6) is 0 Å². The van der Waals surface area contributed by atoms with Gasteiger partial charge in [0.2, 0.25) is 0 Å². The van der Waals surface area contributed by atoms with Crippen LogP contribution in [0.15, 0.2) is 42.6 Å². The maximum Gasteiger partial charge on any atom is 0.141 e. The van der Waals surface area contributed by atoms with Gasteiger partial charge >= 0.3 is 0 Å². The van der Waals surface area contributed by atoms with Gasteiger partial charge in [0.1, 0.15) is 17.0 Å². The first kappa shape index (κ1) is 10.4. The number of nitrogens with zero attached hydrogens (tertiary/aromatic N) is 4. The van der Waals surface area contributed by atoms with Gasteiger partial charge in [0, 0.05) is 6.20 Å². The Balaban J connectivity index is 2.20. The Morgan fingerprint density at radius 1 is 1.22 bits per heavy atom. The van der Waals surface area contributed by atoms with Crippen molar-refractivity contribution in [2.24, 2.45) is 5.73 Å². The van der Waals surface area contributed by atoms with Crippen molar-refractivity contribution in [2.75, 3.05) is 0 Å². The molecule has 0 saturated heterocycles. The highest BCUT2D eigenvalue weighted by molar-refractivity contribution is 5.93. The third-order valence-corrected chi connectivity index (χ3v) is 2.62. The Labute approximate surface area is 103 Å². The van der Waals surface area contributed by atoms with Crippen LogP contribution in [-0.4, -0.2) is 25.8 Å². The molecule has 0 saturated carbocycles. The second-order valence-electron chi connectivity index (χ2n) is 3.80. The van der Waals surface area contributed by atoms with E-state index < -0.39 is 0 Å². The summed E-state index contributed by atoms with van der Waals surface area (Å²) < 4.78 is 1.70. The number of nitrogen functional groups attached to an aromatic ring is 1. The molecule has 0 aliphatic heterocycles. The standard InChI is InChI=1S/C12H10N6/c13-12(14)10-7-8(5-6-15-10)18-11-4-2-1-3-9(11)16-17-18/h1-7H,(H3,13,14). The molecule has 0 atom stereocenters. The normalized spacial score (nSPS) is 10.7. The van der Waals surface area contributed by atoms with E-state index in [0.29, 0.717) is 5.69 Å². The van der Waals surface area contributed by atoms with E-state index in [1.807, 2.05) is 24.3 Å². The molecule has 0 aliphatic rings. The maximum atomic E-state index is 7.39. The zero-order valence-electron chi connectivity index (χ0n) is 9.41. The van der Waals surface area contributed by atoms with Crippen LogP contribution in [0, 0.1) is 5.41 Å². The van der Waals surface area contributed by atoms with E-state index in [1.165, 1.54) is 0 Å². The monoisotopic (exact) mass is 238 g/mol. The molecule has 1 aromatic carbocycles. The van der Waals surface area contributed by atoms with Gasteiger partial charge in [-0.25, -0.2) is 4.68 Å². The summed E-state index contributed by atoms with van der Waals surface area (Å²) >= 11 is 0. The number of aromatic nitrogens is 4. The highest BCUT2D eigenvalue weighted by Gasteiger charge is 2.07. The van der Waals surface area contributed by atoms with E-state index in [2.05, 4.69) is 15.3 Å². The predicted molar refractivity (Wildman–Crippen MR) is 67.7 cm³/mol. The molecule has 6 heteroatoms. The predicted octanol–water partition coefficient (Wildman–Crippen LogP) is 1.10. The van der Waals surface area contributed by atoms with Crippen LogP contribution in [0.4, 0.5) is 0 Å². The number of pyridine rings is 1. The third kappa shape index (κ3) is 1.60. The highest BCUT2D eigenvalue weighted by atomic mass is 15.4.